The van der Waals surface area contributed by atoms with Crippen molar-refractivity contribution in [2.45, 2.75) is 30.7 Å². The molecule has 0 saturated carbocycles. The fourth-order valence-electron chi connectivity index (χ4n) is 2.03. The first kappa shape index (κ1) is 13.5. The summed E-state index contributed by atoms with van der Waals surface area (Å²) in [6.45, 7) is 4.34. The Labute approximate surface area is 108 Å². The van der Waals surface area contributed by atoms with Crippen LogP contribution in [-0.2, 0) is 10.1 Å². The van der Waals surface area contributed by atoms with Crippen LogP contribution in [0.5, 0.6) is 0 Å². The van der Waals surface area contributed by atoms with Gasteiger partial charge < -0.3 is 0 Å². The van der Waals surface area contributed by atoms with E-state index in [-0.39, 0.29) is 4.90 Å². The summed E-state index contributed by atoms with van der Waals surface area (Å²) in [6.07, 6.45) is 2.80. The first-order valence-corrected chi connectivity index (χ1v) is 7.45. The van der Waals surface area contributed by atoms with E-state index in [4.69, 9.17) is 4.55 Å². The second kappa shape index (κ2) is 5.36. The molecule has 0 aromatic heterocycles. The third-order valence-electron chi connectivity index (χ3n) is 3.26. The molecule has 2 aliphatic rings. The maximum absolute atomic E-state index is 10.5. The minimum atomic E-state index is -4.02. The van der Waals surface area contributed by atoms with Gasteiger partial charge >= 0.3 is 0 Å². The van der Waals surface area contributed by atoms with E-state index >= 15 is 0 Å². The summed E-state index contributed by atoms with van der Waals surface area (Å²) >= 11 is 0. The van der Waals surface area contributed by atoms with Crippen molar-refractivity contribution in [2.24, 2.45) is 0 Å². The summed E-state index contributed by atoms with van der Waals surface area (Å²) in [6, 6.07) is 6.90. The standard InChI is InChI=1S/C7H8O3S.C5H10N2/c1-6-2-4-7(5-3-6)11(8,9)10;1-3-6-7-4-2-5(1)7/h2-5H,1H3,(H,8,9,10);5-6H,1-4H2. The molecule has 2 heterocycles. The summed E-state index contributed by atoms with van der Waals surface area (Å²) in [7, 11) is -4.02. The van der Waals surface area contributed by atoms with E-state index in [1.807, 2.05) is 6.92 Å². The van der Waals surface area contributed by atoms with Gasteiger partial charge in [0.25, 0.3) is 10.1 Å². The van der Waals surface area contributed by atoms with Gasteiger partial charge in [0.2, 0.25) is 0 Å². The van der Waals surface area contributed by atoms with E-state index in [1.165, 1.54) is 38.1 Å². The van der Waals surface area contributed by atoms with Crippen molar-refractivity contribution in [3.8, 4) is 0 Å². The van der Waals surface area contributed by atoms with Crippen LogP contribution in [0.3, 0.4) is 0 Å². The Morgan fingerprint density at radius 2 is 1.94 bits per heavy atom. The molecule has 1 unspecified atom stereocenters. The van der Waals surface area contributed by atoms with Crippen LogP contribution in [0.1, 0.15) is 18.4 Å². The number of nitrogens with one attached hydrogen (secondary N) is 1. The van der Waals surface area contributed by atoms with Crippen LogP contribution >= 0.6 is 0 Å². The first-order chi connectivity index (χ1) is 8.47. The monoisotopic (exact) mass is 270 g/mol. The molecule has 5 nitrogen and oxygen atoms in total. The highest BCUT2D eigenvalue weighted by Crippen LogP contribution is 2.21. The van der Waals surface area contributed by atoms with Gasteiger partial charge in [-0.1, -0.05) is 17.7 Å². The molecule has 1 aromatic carbocycles. The third-order valence-corrected chi connectivity index (χ3v) is 4.12. The van der Waals surface area contributed by atoms with Crippen molar-refractivity contribution < 1.29 is 13.0 Å². The van der Waals surface area contributed by atoms with Crippen LogP contribution in [0.2, 0.25) is 0 Å². The molecule has 1 aromatic rings. The molecule has 0 spiro atoms. The summed E-state index contributed by atoms with van der Waals surface area (Å²) in [4.78, 5) is -0.0666. The molecule has 0 amide bonds. The van der Waals surface area contributed by atoms with E-state index in [2.05, 4.69) is 10.4 Å². The maximum atomic E-state index is 10.5. The molecular weight excluding hydrogens is 252 g/mol. The molecule has 3 rings (SSSR count). The predicted molar refractivity (Wildman–Crippen MR) is 68.7 cm³/mol. The predicted octanol–water partition coefficient (Wildman–Crippen LogP) is 1.21. The molecule has 100 valence electrons. The quantitative estimate of drug-likeness (QED) is 0.751. The van der Waals surface area contributed by atoms with Gasteiger partial charge in [0.15, 0.2) is 0 Å². The minimum Gasteiger partial charge on any atom is -0.282 e. The van der Waals surface area contributed by atoms with Crippen molar-refractivity contribution in [2.75, 3.05) is 13.1 Å². The average Bonchev–Trinajstić information content (AvgIpc) is 2.58. The molecule has 2 fully saturated rings. The number of nitrogens with zero attached hydrogens (tertiary/aromatic N) is 1. The van der Waals surface area contributed by atoms with Crippen LogP contribution in [0, 0.1) is 6.92 Å². The van der Waals surface area contributed by atoms with E-state index < -0.39 is 10.1 Å². The van der Waals surface area contributed by atoms with Gasteiger partial charge in [-0.05, 0) is 31.9 Å². The van der Waals surface area contributed by atoms with Crippen molar-refractivity contribution in [3.63, 3.8) is 0 Å². The van der Waals surface area contributed by atoms with Crippen LogP contribution in [0.15, 0.2) is 29.2 Å². The van der Waals surface area contributed by atoms with Gasteiger partial charge in [-0.3, -0.25) is 9.98 Å². The summed E-state index contributed by atoms with van der Waals surface area (Å²) in [5, 5.41) is 2.33. The Balaban J connectivity index is 0.000000146. The second-order valence-corrected chi connectivity index (χ2v) is 6.04. The van der Waals surface area contributed by atoms with E-state index in [1.54, 1.807) is 12.1 Å². The zero-order valence-corrected chi connectivity index (χ0v) is 11.2. The topological polar surface area (TPSA) is 69.6 Å². The fraction of sp³-hybridized carbons (Fsp3) is 0.500. The summed E-state index contributed by atoms with van der Waals surface area (Å²) in [5.74, 6) is 0. The van der Waals surface area contributed by atoms with Gasteiger partial charge in [0.05, 0.1) is 4.90 Å². The SMILES string of the molecule is C1CC2CCN2N1.Cc1ccc(S(=O)(=O)O)cc1. The van der Waals surface area contributed by atoms with Crippen LogP contribution in [0.25, 0.3) is 0 Å². The Bertz CT molecular complexity index is 489. The number of rotatable bonds is 1. The number of aryl methyl sites for hydroxylation is 1. The highest BCUT2D eigenvalue weighted by molar-refractivity contribution is 7.85. The second-order valence-electron chi connectivity index (χ2n) is 4.62. The Morgan fingerprint density at radius 3 is 2.28 bits per heavy atom. The molecule has 18 heavy (non-hydrogen) atoms. The van der Waals surface area contributed by atoms with Gasteiger partial charge in [-0.25, -0.2) is 5.01 Å². The molecule has 2 saturated heterocycles. The van der Waals surface area contributed by atoms with E-state index in [0.717, 1.165) is 11.6 Å². The molecule has 6 heteroatoms. The lowest BCUT2D eigenvalue weighted by atomic mass is 10.1. The number of benzene rings is 1. The average molecular weight is 270 g/mol. The van der Waals surface area contributed by atoms with E-state index in [0.29, 0.717) is 0 Å². The normalized spacial score (nSPS) is 22.7. The summed E-state index contributed by atoms with van der Waals surface area (Å²) in [5.41, 5.74) is 4.25. The smallest absolute Gasteiger partial charge is 0.282 e. The minimum absolute atomic E-state index is 0.0666. The van der Waals surface area contributed by atoms with Gasteiger partial charge in [0.1, 0.15) is 0 Å². The molecular formula is C12H18N2O3S. The molecule has 2 aliphatic heterocycles. The molecule has 0 bridgehead atoms. The Hall–Kier alpha value is -0.950. The maximum Gasteiger partial charge on any atom is 0.294 e. The molecule has 2 N–H and O–H groups in total. The van der Waals surface area contributed by atoms with Crippen molar-refractivity contribution >= 4 is 10.1 Å². The highest BCUT2D eigenvalue weighted by Gasteiger charge is 2.31. The zero-order valence-electron chi connectivity index (χ0n) is 10.3. The highest BCUT2D eigenvalue weighted by atomic mass is 32.2. The lowest BCUT2D eigenvalue weighted by Crippen LogP contribution is -2.47. The van der Waals surface area contributed by atoms with Gasteiger partial charge in [-0.2, -0.15) is 8.42 Å². The largest absolute Gasteiger partial charge is 0.294 e. The fourth-order valence-corrected chi connectivity index (χ4v) is 2.51. The number of hydrogen-bond acceptors (Lipinski definition) is 4. The number of fused-ring (bicyclic) bond motifs is 1. The molecule has 0 radical (unpaired) electrons. The van der Waals surface area contributed by atoms with Crippen LogP contribution < -0.4 is 5.43 Å². The zero-order chi connectivity index (χ0) is 13.2. The van der Waals surface area contributed by atoms with Crippen molar-refractivity contribution in [1.29, 1.82) is 0 Å². The molecule has 0 aliphatic carbocycles. The number of hydrazine groups is 1. The van der Waals surface area contributed by atoms with Crippen LogP contribution in [0.4, 0.5) is 0 Å². The van der Waals surface area contributed by atoms with Crippen molar-refractivity contribution in [3.05, 3.63) is 29.8 Å². The first-order valence-electron chi connectivity index (χ1n) is 6.01. The van der Waals surface area contributed by atoms with Gasteiger partial charge in [0, 0.05) is 19.1 Å². The Morgan fingerprint density at radius 1 is 1.28 bits per heavy atom. The van der Waals surface area contributed by atoms with Crippen molar-refractivity contribution in [1.82, 2.24) is 10.4 Å². The van der Waals surface area contributed by atoms with E-state index in [9.17, 15) is 8.42 Å². The summed E-state index contributed by atoms with van der Waals surface area (Å²) < 4.78 is 29.6. The lowest BCUT2D eigenvalue weighted by Gasteiger charge is -2.33. The lowest BCUT2D eigenvalue weighted by molar-refractivity contribution is 0.0881. The van der Waals surface area contributed by atoms with Gasteiger partial charge in [-0.15, -0.1) is 0 Å². The number of hydrogen-bond donors (Lipinski definition) is 2. The van der Waals surface area contributed by atoms with Crippen LogP contribution in [-0.4, -0.2) is 37.1 Å². The molecule has 1 atom stereocenters. The third kappa shape index (κ3) is 3.29. The Kier molecular flexibility index (Phi) is 4.01.